The summed E-state index contributed by atoms with van der Waals surface area (Å²) in [6, 6.07) is 2.40. The number of benzene rings is 1. The molecule has 0 saturated carbocycles. The molecule has 1 rings (SSSR count). The first-order valence-corrected chi connectivity index (χ1v) is 5.06. The fourth-order valence-electron chi connectivity index (χ4n) is 1.22. The van der Waals surface area contributed by atoms with Gasteiger partial charge in [0.2, 0.25) is 0 Å². The third-order valence-corrected chi connectivity index (χ3v) is 2.00. The van der Waals surface area contributed by atoms with Gasteiger partial charge in [0.15, 0.2) is 0 Å². The summed E-state index contributed by atoms with van der Waals surface area (Å²) < 4.78 is 54.5. The van der Waals surface area contributed by atoms with Gasteiger partial charge in [-0.15, -0.1) is 0 Å². The summed E-state index contributed by atoms with van der Waals surface area (Å²) in [7, 11) is 0. The first-order chi connectivity index (χ1) is 8.34. The molecule has 1 aromatic rings. The molecule has 0 atom stereocenters. The van der Waals surface area contributed by atoms with Gasteiger partial charge in [0.25, 0.3) is 0 Å². The number of carbonyl (C=O) groups excluding carboxylic acids is 1. The monoisotopic (exact) mass is 262 g/mol. The molecule has 0 unspecified atom stereocenters. The van der Waals surface area contributed by atoms with Crippen LogP contribution in [0.25, 0.3) is 6.08 Å². The third-order valence-electron chi connectivity index (χ3n) is 2.00. The molecule has 0 aliphatic heterocycles. The molecule has 98 valence electrons. The summed E-state index contributed by atoms with van der Waals surface area (Å²) in [5.74, 6) is -2.02. The molecule has 0 saturated heterocycles. The maximum absolute atomic E-state index is 13.1. The molecule has 0 heterocycles. The molecule has 0 N–H and O–H groups in total. The lowest BCUT2D eigenvalue weighted by molar-refractivity contribution is -0.140. The van der Waals surface area contributed by atoms with E-state index >= 15 is 0 Å². The van der Waals surface area contributed by atoms with Crippen molar-refractivity contribution in [2.75, 3.05) is 6.61 Å². The quantitative estimate of drug-likeness (QED) is 0.474. The van der Waals surface area contributed by atoms with E-state index in [1.807, 2.05) is 0 Å². The van der Waals surface area contributed by atoms with Gasteiger partial charge < -0.3 is 4.74 Å². The van der Waals surface area contributed by atoms with E-state index in [1.165, 1.54) is 6.08 Å². The molecule has 0 radical (unpaired) electrons. The zero-order valence-corrected chi connectivity index (χ0v) is 9.42. The predicted octanol–water partition coefficient (Wildman–Crippen LogP) is 3.42. The molecule has 0 aliphatic carbocycles. The zero-order chi connectivity index (χ0) is 13.8. The Morgan fingerprint density at radius 1 is 1.39 bits per heavy atom. The van der Waals surface area contributed by atoms with Crippen LogP contribution in [0.2, 0.25) is 0 Å². The van der Waals surface area contributed by atoms with Crippen molar-refractivity contribution in [3.8, 4) is 0 Å². The molecular weight excluding hydrogens is 252 g/mol. The fraction of sp³-hybridized carbons (Fsp3) is 0.250. The van der Waals surface area contributed by atoms with Crippen LogP contribution < -0.4 is 0 Å². The summed E-state index contributed by atoms with van der Waals surface area (Å²) in [5.41, 5.74) is -1.19. The number of alkyl halides is 3. The van der Waals surface area contributed by atoms with E-state index in [9.17, 15) is 22.4 Å². The van der Waals surface area contributed by atoms with Crippen molar-refractivity contribution in [3.05, 3.63) is 41.2 Å². The highest BCUT2D eigenvalue weighted by molar-refractivity contribution is 5.87. The van der Waals surface area contributed by atoms with Gasteiger partial charge in [0, 0.05) is 6.08 Å². The molecule has 0 amide bonds. The van der Waals surface area contributed by atoms with Gasteiger partial charge in [-0.1, -0.05) is 6.07 Å². The minimum atomic E-state index is -4.73. The molecule has 18 heavy (non-hydrogen) atoms. The number of halogens is 4. The molecule has 0 aliphatic rings. The molecule has 0 spiro atoms. The minimum Gasteiger partial charge on any atom is -0.463 e. The molecule has 6 heteroatoms. The summed E-state index contributed by atoms with van der Waals surface area (Å²) in [6.45, 7) is 1.80. The lowest BCUT2D eigenvalue weighted by atomic mass is 10.1. The van der Waals surface area contributed by atoms with Crippen molar-refractivity contribution in [2.45, 2.75) is 13.1 Å². The first kappa shape index (κ1) is 14.2. The van der Waals surface area contributed by atoms with Crippen LogP contribution in [0.5, 0.6) is 0 Å². The standard InChI is InChI=1S/C12H10F4O2/c1-2-18-11(17)6-4-8-3-5-9(10(13)7-8)12(14,15)16/h3-7H,2H2,1H3. The number of carbonyl (C=O) groups is 1. The normalized spacial score (nSPS) is 11.8. The molecule has 0 fully saturated rings. The molecule has 1 aromatic carbocycles. The Kier molecular flexibility index (Phi) is 4.47. The largest absolute Gasteiger partial charge is 0.463 e. The minimum absolute atomic E-state index is 0.147. The Labute approximate surface area is 101 Å². The second-order valence-corrected chi connectivity index (χ2v) is 3.32. The topological polar surface area (TPSA) is 26.3 Å². The number of hydrogen-bond acceptors (Lipinski definition) is 2. The van der Waals surface area contributed by atoms with Crippen molar-refractivity contribution < 1.29 is 27.1 Å². The third kappa shape index (κ3) is 3.87. The van der Waals surface area contributed by atoms with Crippen LogP contribution in [0.15, 0.2) is 24.3 Å². The Bertz CT molecular complexity index is 464. The van der Waals surface area contributed by atoms with Crippen molar-refractivity contribution in [1.82, 2.24) is 0 Å². The highest BCUT2D eigenvalue weighted by Gasteiger charge is 2.33. The van der Waals surface area contributed by atoms with Crippen LogP contribution in [0.3, 0.4) is 0 Å². The van der Waals surface area contributed by atoms with Gasteiger partial charge in [-0.25, -0.2) is 9.18 Å². The Morgan fingerprint density at radius 2 is 2.06 bits per heavy atom. The summed E-state index contributed by atoms with van der Waals surface area (Å²) in [4.78, 5) is 10.9. The molecule has 0 bridgehead atoms. The highest BCUT2D eigenvalue weighted by Crippen LogP contribution is 2.31. The molecule has 2 nitrogen and oxygen atoms in total. The van der Waals surface area contributed by atoms with Gasteiger partial charge in [-0.3, -0.25) is 0 Å². The number of esters is 1. The van der Waals surface area contributed by atoms with Gasteiger partial charge in [-0.05, 0) is 30.7 Å². The highest BCUT2D eigenvalue weighted by atomic mass is 19.4. The SMILES string of the molecule is CCOC(=O)C=Cc1ccc(C(F)(F)F)c(F)c1. The van der Waals surface area contributed by atoms with Crippen LogP contribution in [-0.4, -0.2) is 12.6 Å². The van der Waals surface area contributed by atoms with E-state index in [0.717, 1.165) is 12.1 Å². The fourth-order valence-corrected chi connectivity index (χ4v) is 1.22. The van der Waals surface area contributed by atoms with Crippen molar-refractivity contribution >= 4 is 12.0 Å². The predicted molar refractivity (Wildman–Crippen MR) is 57.1 cm³/mol. The van der Waals surface area contributed by atoms with Crippen LogP contribution in [0, 0.1) is 5.82 Å². The summed E-state index contributed by atoms with van der Waals surface area (Å²) in [5, 5.41) is 0. The second-order valence-electron chi connectivity index (χ2n) is 3.32. The maximum Gasteiger partial charge on any atom is 0.419 e. The zero-order valence-electron chi connectivity index (χ0n) is 9.42. The van der Waals surface area contributed by atoms with Crippen molar-refractivity contribution in [2.24, 2.45) is 0 Å². The summed E-state index contributed by atoms with van der Waals surface area (Å²) in [6.07, 6.45) is -2.53. The lowest BCUT2D eigenvalue weighted by Gasteiger charge is -2.07. The van der Waals surface area contributed by atoms with E-state index in [4.69, 9.17) is 0 Å². The van der Waals surface area contributed by atoms with Crippen molar-refractivity contribution in [1.29, 1.82) is 0 Å². The number of ether oxygens (including phenoxy) is 1. The summed E-state index contributed by atoms with van der Waals surface area (Å²) >= 11 is 0. The molecular formula is C12H10F4O2. The van der Waals surface area contributed by atoms with E-state index in [0.29, 0.717) is 12.1 Å². The van der Waals surface area contributed by atoms with Gasteiger partial charge in [0.05, 0.1) is 12.2 Å². The van der Waals surface area contributed by atoms with Crippen molar-refractivity contribution in [3.63, 3.8) is 0 Å². The van der Waals surface area contributed by atoms with Crippen LogP contribution in [0.1, 0.15) is 18.1 Å². The Hall–Kier alpha value is -1.85. The lowest BCUT2D eigenvalue weighted by Crippen LogP contribution is -2.07. The average Bonchev–Trinajstić information content (AvgIpc) is 2.25. The van der Waals surface area contributed by atoms with Gasteiger partial charge in [-0.2, -0.15) is 13.2 Å². The van der Waals surface area contributed by atoms with Crippen LogP contribution >= 0.6 is 0 Å². The second kappa shape index (κ2) is 5.66. The van der Waals surface area contributed by atoms with Crippen LogP contribution in [-0.2, 0) is 15.7 Å². The van der Waals surface area contributed by atoms with Gasteiger partial charge in [0.1, 0.15) is 5.82 Å². The van der Waals surface area contributed by atoms with Gasteiger partial charge >= 0.3 is 12.1 Å². The number of hydrogen-bond donors (Lipinski definition) is 0. The molecule has 0 aromatic heterocycles. The smallest absolute Gasteiger partial charge is 0.419 e. The van der Waals surface area contributed by atoms with E-state index in [2.05, 4.69) is 4.74 Å². The Balaban J connectivity index is 2.89. The average molecular weight is 262 g/mol. The van der Waals surface area contributed by atoms with E-state index in [1.54, 1.807) is 6.92 Å². The maximum atomic E-state index is 13.1. The Morgan fingerprint density at radius 3 is 2.56 bits per heavy atom. The van der Waals surface area contributed by atoms with E-state index < -0.39 is 23.5 Å². The van der Waals surface area contributed by atoms with Crippen LogP contribution in [0.4, 0.5) is 17.6 Å². The first-order valence-electron chi connectivity index (χ1n) is 5.06. The van der Waals surface area contributed by atoms with E-state index in [-0.39, 0.29) is 12.2 Å². The number of rotatable bonds is 3.